The van der Waals surface area contributed by atoms with Gasteiger partial charge in [-0.05, 0) is 19.1 Å². The van der Waals surface area contributed by atoms with Crippen LogP contribution in [0.3, 0.4) is 0 Å². The summed E-state index contributed by atoms with van der Waals surface area (Å²) in [6.07, 6.45) is 0. The lowest BCUT2D eigenvalue weighted by atomic mass is 10.1. The molecule has 116 valence electrons. The van der Waals surface area contributed by atoms with Crippen LogP contribution in [0, 0.1) is 5.92 Å². The molecule has 6 heteroatoms. The summed E-state index contributed by atoms with van der Waals surface area (Å²) in [6, 6.07) is 7.17. The normalized spacial score (nSPS) is 18.6. The molecule has 1 aromatic carbocycles. The van der Waals surface area contributed by atoms with Gasteiger partial charge in [0.05, 0.1) is 25.5 Å². The fourth-order valence-corrected chi connectivity index (χ4v) is 2.15. The Morgan fingerprint density at radius 3 is 3.19 bits per heavy atom. The molecule has 0 saturated carbocycles. The van der Waals surface area contributed by atoms with E-state index in [1.807, 2.05) is 31.2 Å². The third-order valence-corrected chi connectivity index (χ3v) is 3.20. The quantitative estimate of drug-likeness (QED) is 0.768. The van der Waals surface area contributed by atoms with Crippen molar-refractivity contribution in [2.75, 3.05) is 44.8 Å². The minimum absolute atomic E-state index is 0.230. The molecule has 1 saturated heterocycles. The number of para-hydroxylation sites is 2. The average Bonchev–Trinajstić information content (AvgIpc) is 2.76. The van der Waals surface area contributed by atoms with E-state index in [2.05, 4.69) is 16.0 Å². The second-order valence-corrected chi connectivity index (χ2v) is 4.91. The van der Waals surface area contributed by atoms with Crippen LogP contribution in [0.2, 0.25) is 0 Å². The summed E-state index contributed by atoms with van der Waals surface area (Å²) in [5.41, 5.74) is 0.673. The number of carbonyl (C=O) groups excluding carboxylic acids is 1. The van der Waals surface area contributed by atoms with Crippen LogP contribution in [-0.2, 0) is 4.74 Å². The third-order valence-electron chi connectivity index (χ3n) is 3.20. The van der Waals surface area contributed by atoms with Crippen LogP contribution in [0.15, 0.2) is 24.3 Å². The number of hydrogen-bond acceptors (Lipinski definition) is 4. The molecule has 1 heterocycles. The molecule has 3 N–H and O–H groups in total. The van der Waals surface area contributed by atoms with E-state index in [-0.39, 0.29) is 6.03 Å². The van der Waals surface area contributed by atoms with Gasteiger partial charge in [-0.3, -0.25) is 0 Å². The van der Waals surface area contributed by atoms with Crippen molar-refractivity contribution in [3.05, 3.63) is 24.3 Å². The van der Waals surface area contributed by atoms with Gasteiger partial charge in [0.1, 0.15) is 5.75 Å². The largest absolute Gasteiger partial charge is 0.492 e. The fraction of sp³-hybridized carbons (Fsp3) is 0.533. The van der Waals surface area contributed by atoms with Crippen molar-refractivity contribution in [1.29, 1.82) is 0 Å². The van der Waals surface area contributed by atoms with Gasteiger partial charge in [0, 0.05) is 25.6 Å². The summed E-state index contributed by atoms with van der Waals surface area (Å²) in [5, 5.41) is 8.97. The van der Waals surface area contributed by atoms with E-state index in [1.54, 1.807) is 0 Å². The first kappa shape index (κ1) is 15.6. The molecule has 0 radical (unpaired) electrons. The van der Waals surface area contributed by atoms with E-state index >= 15 is 0 Å². The first-order valence-corrected chi connectivity index (χ1v) is 7.34. The van der Waals surface area contributed by atoms with E-state index in [0.717, 1.165) is 19.7 Å². The summed E-state index contributed by atoms with van der Waals surface area (Å²) in [7, 11) is 0. The van der Waals surface area contributed by atoms with Crippen molar-refractivity contribution < 1.29 is 14.3 Å². The lowest BCUT2D eigenvalue weighted by Gasteiger charge is -2.16. The molecule has 1 fully saturated rings. The lowest BCUT2D eigenvalue weighted by Crippen LogP contribution is -2.37. The maximum Gasteiger partial charge on any atom is 0.319 e. The summed E-state index contributed by atoms with van der Waals surface area (Å²) >= 11 is 0. The zero-order valence-electron chi connectivity index (χ0n) is 12.4. The number of urea groups is 1. The summed E-state index contributed by atoms with van der Waals surface area (Å²) in [6.45, 7) is 6.17. The van der Waals surface area contributed by atoms with Crippen molar-refractivity contribution >= 4 is 11.7 Å². The van der Waals surface area contributed by atoms with E-state index < -0.39 is 0 Å². The summed E-state index contributed by atoms with van der Waals surface area (Å²) in [5.74, 6) is 0.968. The minimum atomic E-state index is -0.230. The first-order valence-electron chi connectivity index (χ1n) is 7.34. The highest BCUT2D eigenvalue weighted by Gasteiger charge is 2.14. The molecule has 0 spiro atoms. The molecule has 2 rings (SSSR count). The number of carbonyl (C=O) groups is 1. The van der Waals surface area contributed by atoms with E-state index in [0.29, 0.717) is 37.1 Å². The van der Waals surface area contributed by atoms with E-state index in [4.69, 9.17) is 9.47 Å². The van der Waals surface area contributed by atoms with Gasteiger partial charge in [-0.15, -0.1) is 0 Å². The number of ether oxygens (including phenoxy) is 2. The number of nitrogens with one attached hydrogen (secondary N) is 3. The molecule has 6 nitrogen and oxygen atoms in total. The van der Waals surface area contributed by atoms with Crippen LogP contribution in [-0.4, -0.2) is 45.5 Å². The van der Waals surface area contributed by atoms with Gasteiger partial charge in [-0.2, -0.15) is 0 Å². The Morgan fingerprint density at radius 1 is 1.48 bits per heavy atom. The monoisotopic (exact) mass is 293 g/mol. The molecule has 21 heavy (non-hydrogen) atoms. The molecular formula is C15H23N3O3. The number of anilines is 1. The molecule has 1 aromatic rings. The van der Waals surface area contributed by atoms with Crippen LogP contribution < -0.4 is 20.7 Å². The van der Waals surface area contributed by atoms with Gasteiger partial charge in [0.2, 0.25) is 0 Å². The van der Waals surface area contributed by atoms with Gasteiger partial charge < -0.3 is 25.4 Å². The Bertz CT molecular complexity index is 446. The highest BCUT2D eigenvalue weighted by molar-refractivity contribution is 5.90. The molecule has 1 aliphatic heterocycles. The van der Waals surface area contributed by atoms with Gasteiger partial charge in [0.25, 0.3) is 0 Å². The Labute approximate surface area is 125 Å². The van der Waals surface area contributed by atoms with Crippen molar-refractivity contribution in [3.8, 4) is 5.75 Å². The van der Waals surface area contributed by atoms with Crippen molar-refractivity contribution in [2.45, 2.75) is 6.92 Å². The molecule has 1 aliphatic rings. The number of hydrogen-bond donors (Lipinski definition) is 3. The predicted molar refractivity (Wildman–Crippen MR) is 81.8 cm³/mol. The predicted octanol–water partition coefficient (Wildman–Crippen LogP) is 1.44. The van der Waals surface area contributed by atoms with Crippen LogP contribution >= 0.6 is 0 Å². The first-order chi connectivity index (χ1) is 10.3. The average molecular weight is 293 g/mol. The van der Waals surface area contributed by atoms with Crippen LogP contribution in [0.25, 0.3) is 0 Å². The van der Waals surface area contributed by atoms with Crippen molar-refractivity contribution in [2.24, 2.45) is 5.92 Å². The van der Waals surface area contributed by atoms with Crippen LogP contribution in [0.4, 0.5) is 10.5 Å². The lowest BCUT2D eigenvalue weighted by molar-refractivity contribution is 0.123. The Morgan fingerprint density at radius 2 is 2.33 bits per heavy atom. The van der Waals surface area contributed by atoms with Crippen LogP contribution in [0.5, 0.6) is 5.75 Å². The molecule has 1 atom stereocenters. The Kier molecular flexibility index (Phi) is 6.30. The Balaban J connectivity index is 1.81. The Hall–Kier alpha value is -1.79. The molecule has 0 bridgehead atoms. The van der Waals surface area contributed by atoms with Crippen molar-refractivity contribution in [1.82, 2.24) is 10.6 Å². The maximum atomic E-state index is 12.0. The zero-order chi connectivity index (χ0) is 14.9. The van der Waals surface area contributed by atoms with Crippen LogP contribution in [0.1, 0.15) is 6.92 Å². The summed E-state index contributed by atoms with van der Waals surface area (Å²) in [4.78, 5) is 12.0. The minimum Gasteiger partial charge on any atom is -0.492 e. The number of rotatable bonds is 5. The number of amides is 2. The van der Waals surface area contributed by atoms with Crippen molar-refractivity contribution in [3.63, 3.8) is 0 Å². The molecule has 0 aliphatic carbocycles. The fourth-order valence-electron chi connectivity index (χ4n) is 2.15. The molecular weight excluding hydrogens is 270 g/mol. The second kappa shape index (κ2) is 8.49. The SMILES string of the molecule is CCOc1ccccc1NC(=O)NC[C@@H]1CNCCOC1. The number of benzene rings is 1. The standard InChI is InChI=1S/C15H23N3O3/c1-2-21-14-6-4-3-5-13(14)18-15(19)17-10-12-9-16-7-8-20-11-12/h3-6,12,16H,2,7-11H2,1H3,(H2,17,18,19)/t12-/m0/s1. The van der Waals surface area contributed by atoms with E-state index in [1.165, 1.54) is 0 Å². The highest BCUT2D eigenvalue weighted by atomic mass is 16.5. The van der Waals surface area contributed by atoms with Gasteiger partial charge in [-0.1, -0.05) is 12.1 Å². The van der Waals surface area contributed by atoms with Gasteiger partial charge in [-0.25, -0.2) is 4.79 Å². The summed E-state index contributed by atoms with van der Waals surface area (Å²) < 4.78 is 10.9. The van der Waals surface area contributed by atoms with Gasteiger partial charge in [0.15, 0.2) is 0 Å². The highest BCUT2D eigenvalue weighted by Crippen LogP contribution is 2.23. The molecule has 2 amide bonds. The smallest absolute Gasteiger partial charge is 0.319 e. The topological polar surface area (TPSA) is 71.6 Å². The second-order valence-electron chi connectivity index (χ2n) is 4.91. The van der Waals surface area contributed by atoms with Gasteiger partial charge >= 0.3 is 6.03 Å². The third kappa shape index (κ3) is 5.24. The van der Waals surface area contributed by atoms with E-state index in [9.17, 15) is 4.79 Å². The molecule has 0 unspecified atom stereocenters. The zero-order valence-corrected chi connectivity index (χ0v) is 12.4. The maximum absolute atomic E-state index is 12.0. The molecule has 0 aromatic heterocycles.